The molecule has 140 valence electrons. The minimum atomic E-state index is -0.394. The van der Waals surface area contributed by atoms with Crippen molar-refractivity contribution in [1.29, 1.82) is 0 Å². The van der Waals surface area contributed by atoms with Gasteiger partial charge in [-0.05, 0) is 56.0 Å². The van der Waals surface area contributed by atoms with Crippen LogP contribution in [0.25, 0.3) is 11.0 Å². The summed E-state index contributed by atoms with van der Waals surface area (Å²) in [4.78, 5) is 23.7. The van der Waals surface area contributed by atoms with Crippen molar-refractivity contribution in [3.63, 3.8) is 0 Å². The lowest BCUT2D eigenvalue weighted by atomic mass is 10.1. The van der Waals surface area contributed by atoms with E-state index in [2.05, 4.69) is 24.4 Å². The van der Waals surface area contributed by atoms with Crippen molar-refractivity contribution < 1.29 is 13.9 Å². The van der Waals surface area contributed by atoms with Crippen LogP contribution in [0.4, 0.5) is 0 Å². The van der Waals surface area contributed by atoms with Gasteiger partial charge in [0.1, 0.15) is 11.3 Å². The third-order valence-corrected chi connectivity index (χ3v) is 4.65. The Bertz CT molecular complexity index is 1040. The van der Waals surface area contributed by atoms with Gasteiger partial charge in [-0.1, -0.05) is 24.3 Å². The number of amides is 1. The molecule has 1 N–H and O–H groups in total. The van der Waals surface area contributed by atoms with E-state index in [4.69, 9.17) is 9.15 Å². The Morgan fingerprint density at radius 1 is 1.07 bits per heavy atom. The molecule has 0 unspecified atom stereocenters. The number of carbonyl (C=O) groups excluding carboxylic acids is 1. The van der Waals surface area contributed by atoms with Gasteiger partial charge in [0.2, 0.25) is 0 Å². The van der Waals surface area contributed by atoms with E-state index in [0.29, 0.717) is 23.4 Å². The Kier molecular flexibility index (Phi) is 5.60. The van der Waals surface area contributed by atoms with Gasteiger partial charge in [0.05, 0.1) is 0 Å². The summed E-state index contributed by atoms with van der Waals surface area (Å²) in [6, 6.07) is 13.2. The number of nitrogens with one attached hydrogen (secondary N) is 1. The van der Waals surface area contributed by atoms with Crippen LogP contribution >= 0.6 is 0 Å². The van der Waals surface area contributed by atoms with Gasteiger partial charge in [-0.25, -0.2) is 4.79 Å². The predicted octanol–water partition coefficient (Wildman–Crippen LogP) is 3.46. The van der Waals surface area contributed by atoms with Crippen molar-refractivity contribution in [1.82, 2.24) is 5.32 Å². The van der Waals surface area contributed by atoms with E-state index >= 15 is 0 Å². The van der Waals surface area contributed by atoms with Gasteiger partial charge in [-0.3, -0.25) is 4.79 Å². The number of aryl methyl sites for hydroxylation is 3. The molecule has 1 aromatic heterocycles. The van der Waals surface area contributed by atoms with Gasteiger partial charge in [0.15, 0.2) is 6.61 Å². The first kappa shape index (κ1) is 18.7. The van der Waals surface area contributed by atoms with Crippen molar-refractivity contribution in [3.8, 4) is 5.75 Å². The van der Waals surface area contributed by atoms with Crippen LogP contribution in [0.1, 0.15) is 22.3 Å². The maximum Gasteiger partial charge on any atom is 0.336 e. The molecule has 0 aliphatic heterocycles. The SMILES string of the molecule is Cc1ccccc1CCNC(=O)COc1ccc2c(C)cc(=O)oc2c1C. The second kappa shape index (κ2) is 8.08. The van der Waals surface area contributed by atoms with Crippen molar-refractivity contribution in [2.24, 2.45) is 0 Å². The van der Waals surface area contributed by atoms with Gasteiger partial charge >= 0.3 is 5.63 Å². The van der Waals surface area contributed by atoms with Crippen molar-refractivity contribution >= 4 is 16.9 Å². The molecule has 1 heterocycles. The standard InChI is InChI=1S/C22H23NO4/c1-14-6-4-5-7-17(14)10-11-23-20(24)13-26-19-9-8-18-15(2)12-21(25)27-22(18)16(19)3/h4-9,12H,10-11,13H2,1-3H3,(H,23,24). The highest BCUT2D eigenvalue weighted by Gasteiger charge is 2.11. The summed E-state index contributed by atoms with van der Waals surface area (Å²) in [5, 5.41) is 3.73. The first-order valence-electron chi connectivity index (χ1n) is 8.94. The number of carbonyl (C=O) groups is 1. The lowest BCUT2D eigenvalue weighted by Gasteiger charge is -2.12. The fraction of sp³-hybridized carbons (Fsp3) is 0.273. The van der Waals surface area contributed by atoms with E-state index in [1.807, 2.05) is 32.0 Å². The van der Waals surface area contributed by atoms with E-state index < -0.39 is 5.63 Å². The van der Waals surface area contributed by atoms with Gasteiger partial charge in [0.25, 0.3) is 5.91 Å². The minimum absolute atomic E-state index is 0.0871. The summed E-state index contributed by atoms with van der Waals surface area (Å²) in [5.74, 6) is 0.346. The summed E-state index contributed by atoms with van der Waals surface area (Å²) in [7, 11) is 0. The maximum absolute atomic E-state index is 12.1. The van der Waals surface area contributed by atoms with Gasteiger partial charge in [-0.2, -0.15) is 0 Å². The second-order valence-corrected chi connectivity index (χ2v) is 6.63. The van der Waals surface area contributed by atoms with Gasteiger partial charge < -0.3 is 14.5 Å². The molecule has 1 amide bonds. The first-order chi connectivity index (χ1) is 13.0. The predicted molar refractivity (Wildman–Crippen MR) is 105 cm³/mol. The average molecular weight is 365 g/mol. The van der Waals surface area contributed by atoms with E-state index in [1.165, 1.54) is 17.2 Å². The highest BCUT2D eigenvalue weighted by Crippen LogP contribution is 2.28. The topological polar surface area (TPSA) is 68.5 Å². The fourth-order valence-electron chi connectivity index (χ4n) is 3.08. The van der Waals surface area contributed by atoms with Crippen LogP contribution in [-0.2, 0) is 11.2 Å². The largest absolute Gasteiger partial charge is 0.483 e. The number of rotatable bonds is 6. The molecule has 0 saturated heterocycles. The summed E-state index contributed by atoms with van der Waals surface area (Å²) in [6.07, 6.45) is 0.776. The van der Waals surface area contributed by atoms with Crippen LogP contribution in [0.3, 0.4) is 0 Å². The van der Waals surface area contributed by atoms with E-state index in [0.717, 1.165) is 17.4 Å². The van der Waals surface area contributed by atoms with Crippen LogP contribution in [0.5, 0.6) is 5.75 Å². The Labute approximate surface area is 158 Å². The molecule has 0 saturated carbocycles. The monoisotopic (exact) mass is 365 g/mol. The molecule has 0 spiro atoms. The third-order valence-electron chi connectivity index (χ3n) is 4.65. The normalized spacial score (nSPS) is 10.8. The molecular weight excluding hydrogens is 342 g/mol. The Hall–Kier alpha value is -3.08. The van der Waals surface area contributed by atoms with Gasteiger partial charge in [-0.15, -0.1) is 0 Å². The lowest BCUT2D eigenvalue weighted by molar-refractivity contribution is -0.123. The first-order valence-corrected chi connectivity index (χ1v) is 8.94. The zero-order chi connectivity index (χ0) is 19.4. The van der Waals surface area contributed by atoms with Crippen molar-refractivity contribution in [3.05, 3.63) is 75.1 Å². The molecule has 5 heteroatoms. The van der Waals surface area contributed by atoms with Crippen LogP contribution in [0.15, 0.2) is 51.7 Å². The lowest BCUT2D eigenvalue weighted by Crippen LogP contribution is -2.30. The highest BCUT2D eigenvalue weighted by molar-refractivity contribution is 5.85. The van der Waals surface area contributed by atoms with E-state index in [1.54, 1.807) is 6.07 Å². The van der Waals surface area contributed by atoms with Crippen molar-refractivity contribution in [2.45, 2.75) is 27.2 Å². The molecule has 0 aliphatic carbocycles. The second-order valence-electron chi connectivity index (χ2n) is 6.63. The summed E-state index contributed by atoms with van der Waals surface area (Å²) >= 11 is 0. The molecule has 27 heavy (non-hydrogen) atoms. The summed E-state index contributed by atoms with van der Waals surface area (Å²) < 4.78 is 10.9. The maximum atomic E-state index is 12.1. The highest BCUT2D eigenvalue weighted by atomic mass is 16.5. The van der Waals surface area contributed by atoms with Crippen LogP contribution < -0.4 is 15.7 Å². The molecule has 3 rings (SSSR count). The summed E-state index contributed by atoms with van der Waals surface area (Å²) in [5.41, 5.74) is 4.10. The Morgan fingerprint density at radius 2 is 1.85 bits per heavy atom. The van der Waals surface area contributed by atoms with E-state index in [9.17, 15) is 9.59 Å². The number of fused-ring (bicyclic) bond motifs is 1. The minimum Gasteiger partial charge on any atom is -0.483 e. The Balaban J connectivity index is 1.59. The smallest absolute Gasteiger partial charge is 0.336 e. The fourth-order valence-corrected chi connectivity index (χ4v) is 3.08. The molecule has 0 fully saturated rings. The summed E-state index contributed by atoms with van der Waals surface area (Å²) in [6.45, 7) is 6.20. The molecule has 0 bridgehead atoms. The average Bonchev–Trinajstić information content (AvgIpc) is 2.63. The van der Waals surface area contributed by atoms with Crippen molar-refractivity contribution in [2.75, 3.05) is 13.2 Å². The Morgan fingerprint density at radius 3 is 2.63 bits per heavy atom. The van der Waals surface area contributed by atoms with Crippen LogP contribution in [-0.4, -0.2) is 19.1 Å². The quantitative estimate of drug-likeness (QED) is 0.679. The number of benzene rings is 2. The molecule has 0 radical (unpaired) electrons. The zero-order valence-corrected chi connectivity index (χ0v) is 15.8. The number of hydrogen-bond acceptors (Lipinski definition) is 4. The molecule has 3 aromatic rings. The number of hydrogen-bond donors (Lipinski definition) is 1. The molecular formula is C22H23NO4. The third kappa shape index (κ3) is 4.37. The van der Waals surface area contributed by atoms with Crippen LogP contribution in [0.2, 0.25) is 0 Å². The molecule has 5 nitrogen and oxygen atoms in total. The zero-order valence-electron chi connectivity index (χ0n) is 15.8. The van der Waals surface area contributed by atoms with E-state index in [-0.39, 0.29) is 12.5 Å². The van der Waals surface area contributed by atoms with Gasteiger partial charge in [0, 0.05) is 23.6 Å². The van der Waals surface area contributed by atoms with Crippen LogP contribution in [0, 0.1) is 20.8 Å². The molecule has 0 aliphatic rings. The number of ether oxygens (including phenoxy) is 1. The molecule has 2 aromatic carbocycles. The molecule has 0 atom stereocenters.